The molecule has 0 aliphatic heterocycles. The third kappa shape index (κ3) is 3.23. The molecule has 0 heterocycles. The van der Waals surface area contributed by atoms with Crippen LogP contribution in [-0.2, 0) is 0 Å². The van der Waals surface area contributed by atoms with E-state index in [-0.39, 0.29) is 0 Å². The molecule has 1 saturated carbocycles. The molecule has 2 aliphatic carbocycles. The van der Waals surface area contributed by atoms with Gasteiger partial charge in [0.05, 0.1) is 0 Å². The van der Waals surface area contributed by atoms with E-state index >= 15 is 0 Å². The molecule has 1 atom stereocenters. The highest BCUT2D eigenvalue weighted by molar-refractivity contribution is 5.12. The highest BCUT2D eigenvalue weighted by atomic mass is 14.3. The van der Waals surface area contributed by atoms with E-state index in [0.717, 1.165) is 17.8 Å². The van der Waals surface area contributed by atoms with E-state index in [1.54, 1.807) is 5.57 Å². The second-order valence-electron chi connectivity index (χ2n) is 5.93. The van der Waals surface area contributed by atoms with Gasteiger partial charge in [-0.25, -0.2) is 0 Å². The van der Waals surface area contributed by atoms with Gasteiger partial charge in [-0.15, -0.1) is 0 Å². The number of allylic oxidation sites excluding steroid dienone is 4. The van der Waals surface area contributed by atoms with Crippen molar-refractivity contribution in [3.05, 3.63) is 23.8 Å². The Morgan fingerprint density at radius 2 is 1.94 bits per heavy atom. The van der Waals surface area contributed by atoms with Gasteiger partial charge in [0.2, 0.25) is 0 Å². The van der Waals surface area contributed by atoms with Gasteiger partial charge in [-0.2, -0.15) is 0 Å². The van der Waals surface area contributed by atoms with Gasteiger partial charge in [0.15, 0.2) is 0 Å². The van der Waals surface area contributed by atoms with Crippen LogP contribution in [0.4, 0.5) is 0 Å². The van der Waals surface area contributed by atoms with Crippen molar-refractivity contribution in [3.8, 4) is 0 Å². The van der Waals surface area contributed by atoms with Gasteiger partial charge in [0.1, 0.15) is 0 Å². The molecule has 0 amide bonds. The molecule has 0 heteroatoms. The van der Waals surface area contributed by atoms with Crippen molar-refractivity contribution in [2.75, 3.05) is 0 Å². The lowest BCUT2D eigenvalue weighted by molar-refractivity contribution is 0.310. The number of rotatable bonds is 2. The third-order valence-corrected chi connectivity index (χ3v) is 4.36. The van der Waals surface area contributed by atoms with Crippen LogP contribution in [0.25, 0.3) is 0 Å². The van der Waals surface area contributed by atoms with Gasteiger partial charge < -0.3 is 0 Å². The molecule has 0 aromatic carbocycles. The SMILES string of the molecule is CC(C)C1CCC(=CC2C=CCCC2)CC1. The topological polar surface area (TPSA) is 0 Å². The van der Waals surface area contributed by atoms with Crippen LogP contribution in [0.1, 0.15) is 58.8 Å². The first-order valence-corrected chi connectivity index (χ1v) is 7.12. The summed E-state index contributed by atoms with van der Waals surface area (Å²) >= 11 is 0. The Morgan fingerprint density at radius 1 is 1.19 bits per heavy atom. The summed E-state index contributed by atoms with van der Waals surface area (Å²) in [7, 11) is 0. The second-order valence-corrected chi connectivity index (χ2v) is 5.93. The minimum Gasteiger partial charge on any atom is -0.0879 e. The van der Waals surface area contributed by atoms with Gasteiger partial charge in [-0.05, 0) is 62.7 Å². The Hall–Kier alpha value is -0.520. The van der Waals surface area contributed by atoms with Crippen molar-refractivity contribution in [2.45, 2.75) is 58.8 Å². The van der Waals surface area contributed by atoms with E-state index in [4.69, 9.17) is 0 Å². The van der Waals surface area contributed by atoms with E-state index in [2.05, 4.69) is 32.1 Å². The lowest BCUT2D eigenvalue weighted by Crippen LogP contribution is -2.14. The molecule has 2 rings (SSSR count). The van der Waals surface area contributed by atoms with Crippen LogP contribution in [0.5, 0.6) is 0 Å². The summed E-state index contributed by atoms with van der Waals surface area (Å²) in [5.74, 6) is 2.63. The zero-order valence-electron chi connectivity index (χ0n) is 10.9. The fourth-order valence-corrected chi connectivity index (χ4v) is 3.12. The lowest BCUT2D eigenvalue weighted by Gasteiger charge is -2.27. The van der Waals surface area contributed by atoms with E-state index in [1.165, 1.54) is 44.9 Å². The second kappa shape index (κ2) is 5.70. The van der Waals surface area contributed by atoms with Crippen LogP contribution in [0.3, 0.4) is 0 Å². The Bertz CT molecular complexity index is 260. The van der Waals surface area contributed by atoms with Crippen LogP contribution in [-0.4, -0.2) is 0 Å². The van der Waals surface area contributed by atoms with E-state index in [9.17, 15) is 0 Å². The van der Waals surface area contributed by atoms with Gasteiger partial charge in [-0.1, -0.05) is 37.6 Å². The quantitative estimate of drug-likeness (QED) is 0.565. The minimum absolute atomic E-state index is 0.763. The Morgan fingerprint density at radius 3 is 2.50 bits per heavy atom. The molecule has 0 nitrogen and oxygen atoms in total. The maximum Gasteiger partial charge on any atom is -0.00507 e. The molecular formula is C16H26. The monoisotopic (exact) mass is 218 g/mol. The summed E-state index contributed by atoms with van der Waals surface area (Å²) in [6.07, 6.45) is 17.0. The first-order chi connectivity index (χ1) is 7.75. The summed E-state index contributed by atoms with van der Waals surface area (Å²) in [5, 5.41) is 0. The lowest BCUT2D eigenvalue weighted by atomic mass is 9.78. The molecule has 2 aliphatic rings. The molecular weight excluding hydrogens is 192 g/mol. The van der Waals surface area contributed by atoms with Crippen LogP contribution < -0.4 is 0 Å². The van der Waals surface area contributed by atoms with Gasteiger partial charge >= 0.3 is 0 Å². The Labute approximate surface area is 101 Å². The van der Waals surface area contributed by atoms with Crippen molar-refractivity contribution in [2.24, 2.45) is 17.8 Å². The number of hydrogen-bond acceptors (Lipinski definition) is 0. The van der Waals surface area contributed by atoms with Crippen LogP contribution >= 0.6 is 0 Å². The van der Waals surface area contributed by atoms with Gasteiger partial charge in [0.25, 0.3) is 0 Å². The smallest absolute Gasteiger partial charge is 0.00507 e. The van der Waals surface area contributed by atoms with E-state index < -0.39 is 0 Å². The zero-order chi connectivity index (χ0) is 11.4. The molecule has 90 valence electrons. The predicted molar refractivity (Wildman–Crippen MR) is 71.4 cm³/mol. The number of hydrogen-bond donors (Lipinski definition) is 0. The molecule has 0 aromatic heterocycles. The van der Waals surface area contributed by atoms with Crippen molar-refractivity contribution >= 4 is 0 Å². The molecule has 1 unspecified atom stereocenters. The normalized spacial score (nSPS) is 30.8. The van der Waals surface area contributed by atoms with E-state index in [1.807, 2.05) is 0 Å². The molecule has 0 N–H and O–H groups in total. The minimum atomic E-state index is 0.763. The largest absolute Gasteiger partial charge is 0.0879 e. The highest BCUT2D eigenvalue weighted by Crippen LogP contribution is 2.34. The molecule has 0 bridgehead atoms. The highest BCUT2D eigenvalue weighted by Gasteiger charge is 2.19. The fraction of sp³-hybridized carbons (Fsp3) is 0.750. The van der Waals surface area contributed by atoms with Crippen LogP contribution in [0.2, 0.25) is 0 Å². The standard InChI is InChI=1S/C16H26/c1-13(2)16-10-8-15(9-11-16)12-14-6-4-3-5-7-14/h4,6,12-14,16H,3,5,7-11H2,1-2H3. The molecule has 0 saturated heterocycles. The summed E-state index contributed by atoms with van der Waals surface area (Å²) in [5.41, 5.74) is 1.74. The third-order valence-electron chi connectivity index (χ3n) is 4.36. The predicted octanol–water partition coefficient (Wildman–Crippen LogP) is 5.12. The average molecular weight is 218 g/mol. The molecule has 16 heavy (non-hydrogen) atoms. The van der Waals surface area contributed by atoms with Gasteiger partial charge in [-0.3, -0.25) is 0 Å². The summed E-state index contributed by atoms with van der Waals surface area (Å²) in [4.78, 5) is 0. The van der Waals surface area contributed by atoms with Crippen molar-refractivity contribution < 1.29 is 0 Å². The summed E-state index contributed by atoms with van der Waals surface area (Å²) in [6.45, 7) is 4.76. The Kier molecular flexibility index (Phi) is 4.26. The maximum atomic E-state index is 2.58. The Balaban J connectivity index is 1.85. The molecule has 1 fully saturated rings. The summed E-state index contributed by atoms with van der Waals surface area (Å²) in [6, 6.07) is 0. The summed E-state index contributed by atoms with van der Waals surface area (Å²) < 4.78 is 0. The van der Waals surface area contributed by atoms with E-state index in [0.29, 0.717) is 0 Å². The van der Waals surface area contributed by atoms with Crippen molar-refractivity contribution in [3.63, 3.8) is 0 Å². The maximum absolute atomic E-state index is 2.58. The first-order valence-electron chi connectivity index (χ1n) is 7.12. The molecule has 0 aromatic rings. The van der Waals surface area contributed by atoms with Crippen molar-refractivity contribution in [1.29, 1.82) is 0 Å². The fourth-order valence-electron chi connectivity index (χ4n) is 3.12. The van der Waals surface area contributed by atoms with Crippen LogP contribution in [0, 0.1) is 17.8 Å². The molecule has 0 spiro atoms. The zero-order valence-corrected chi connectivity index (χ0v) is 10.9. The van der Waals surface area contributed by atoms with Crippen LogP contribution in [0.15, 0.2) is 23.8 Å². The first kappa shape index (κ1) is 12.0. The van der Waals surface area contributed by atoms with Crippen molar-refractivity contribution in [1.82, 2.24) is 0 Å². The van der Waals surface area contributed by atoms with Gasteiger partial charge in [0, 0.05) is 0 Å². The molecule has 0 radical (unpaired) electrons. The average Bonchev–Trinajstić information content (AvgIpc) is 2.31.